The smallest absolute Gasteiger partial charge is 0.393 e. The van der Waals surface area contributed by atoms with Crippen molar-refractivity contribution in [3.8, 4) is 0 Å². The maximum Gasteiger partial charge on any atom is 0.411 e. The average molecular weight is 442 g/mol. The predicted octanol–water partition coefficient (Wildman–Crippen LogP) is 5.64. The molecule has 0 aromatic carbocycles. The minimum Gasteiger partial charge on any atom is -0.393 e. The molecule has 0 spiro atoms. The van der Waals surface area contributed by atoms with Gasteiger partial charge in [-0.2, -0.15) is 13.2 Å². The van der Waals surface area contributed by atoms with Crippen LogP contribution in [0.3, 0.4) is 0 Å². The molecule has 3 aliphatic carbocycles. The summed E-state index contributed by atoms with van der Waals surface area (Å²) in [5, 5.41) is 9.93. The molecule has 3 saturated carbocycles. The van der Waals surface area contributed by atoms with Crippen LogP contribution in [0.2, 0.25) is 0 Å². The van der Waals surface area contributed by atoms with Crippen molar-refractivity contribution in [2.75, 3.05) is 26.2 Å². The molecule has 0 aromatic heterocycles. The maximum absolute atomic E-state index is 12.3. The summed E-state index contributed by atoms with van der Waals surface area (Å²) in [5.74, 6) is 1.36. The van der Waals surface area contributed by atoms with E-state index in [9.17, 15) is 18.3 Å². The molecule has 4 atom stereocenters. The molecule has 4 aliphatic rings. The zero-order valence-corrected chi connectivity index (χ0v) is 18.8. The van der Waals surface area contributed by atoms with Crippen molar-refractivity contribution in [1.29, 1.82) is 0 Å². The quantitative estimate of drug-likeness (QED) is 0.579. The van der Waals surface area contributed by atoms with Crippen molar-refractivity contribution in [3.05, 3.63) is 23.3 Å². The fraction of sp³-hybridized carbons (Fsp3) is 0.840. The van der Waals surface area contributed by atoms with Gasteiger partial charge in [-0.15, -0.1) is 0 Å². The number of rotatable bonds is 6. The first-order chi connectivity index (χ1) is 14.7. The van der Waals surface area contributed by atoms with Gasteiger partial charge >= 0.3 is 6.18 Å². The van der Waals surface area contributed by atoms with Gasteiger partial charge in [0.15, 0.2) is 0 Å². The van der Waals surface area contributed by atoms with E-state index in [4.69, 9.17) is 4.74 Å². The number of halogens is 3. The Morgan fingerprint density at radius 3 is 2.68 bits per heavy atom. The molecule has 1 N–H and O–H groups in total. The Balaban J connectivity index is 1.27. The van der Waals surface area contributed by atoms with Gasteiger partial charge in [0.1, 0.15) is 6.61 Å². The van der Waals surface area contributed by atoms with E-state index in [1.54, 1.807) is 5.57 Å². The first-order valence-electron chi connectivity index (χ1n) is 12.2. The number of likely N-dealkylation sites (tertiary alicyclic amines) is 1. The molecule has 6 heteroatoms. The van der Waals surface area contributed by atoms with Crippen molar-refractivity contribution >= 4 is 0 Å². The number of hydrogen-bond donors (Lipinski definition) is 1. The van der Waals surface area contributed by atoms with Crippen molar-refractivity contribution in [1.82, 2.24) is 4.90 Å². The molecule has 0 bridgehead atoms. The number of allylic oxidation sites excluding steroid dienone is 3. The topological polar surface area (TPSA) is 32.7 Å². The van der Waals surface area contributed by atoms with E-state index in [1.165, 1.54) is 37.7 Å². The molecule has 0 aromatic rings. The van der Waals surface area contributed by atoms with Gasteiger partial charge in [-0.1, -0.05) is 30.2 Å². The van der Waals surface area contributed by atoms with Crippen LogP contribution in [-0.2, 0) is 4.74 Å². The third-order valence-electron chi connectivity index (χ3n) is 8.43. The Kier molecular flexibility index (Phi) is 7.19. The number of aliphatic hydroxyl groups is 1. The van der Waals surface area contributed by atoms with Gasteiger partial charge < -0.3 is 9.84 Å². The molecule has 1 aliphatic heterocycles. The van der Waals surface area contributed by atoms with Crippen LogP contribution in [0.15, 0.2) is 23.3 Å². The van der Waals surface area contributed by atoms with Crippen LogP contribution in [0.25, 0.3) is 0 Å². The molecular formula is C25H38F3NO2. The van der Waals surface area contributed by atoms with E-state index in [1.807, 2.05) is 0 Å². The molecule has 1 heterocycles. The van der Waals surface area contributed by atoms with Crippen LogP contribution in [0.5, 0.6) is 0 Å². The lowest BCUT2D eigenvalue weighted by molar-refractivity contribution is -0.199. The molecule has 2 unspecified atom stereocenters. The molecule has 0 radical (unpaired) electrons. The number of ether oxygens (including phenoxy) is 1. The normalized spacial score (nSPS) is 37.9. The Bertz CT molecular complexity index is 683. The third-order valence-corrected chi connectivity index (χ3v) is 8.43. The second kappa shape index (κ2) is 9.56. The lowest BCUT2D eigenvalue weighted by Gasteiger charge is -2.44. The van der Waals surface area contributed by atoms with Crippen molar-refractivity contribution in [2.45, 2.75) is 89.5 Å². The van der Waals surface area contributed by atoms with Crippen molar-refractivity contribution in [2.24, 2.45) is 17.3 Å². The Morgan fingerprint density at radius 2 is 1.94 bits per heavy atom. The number of alkyl halides is 3. The van der Waals surface area contributed by atoms with Gasteiger partial charge in [-0.25, -0.2) is 0 Å². The summed E-state index contributed by atoms with van der Waals surface area (Å²) in [6, 6.07) is 0. The van der Waals surface area contributed by atoms with Crippen LogP contribution < -0.4 is 0 Å². The van der Waals surface area contributed by atoms with E-state index in [2.05, 4.69) is 24.0 Å². The van der Waals surface area contributed by atoms with E-state index >= 15 is 0 Å². The summed E-state index contributed by atoms with van der Waals surface area (Å²) in [7, 11) is 0. The van der Waals surface area contributed by atoms with Gasteiger partial charge in [0, 0.05) is 13.1 Å². The van der Waals surface area contributed by atoms with Crippen LogP contribution in [-0.4, -0.2) is 54.6 Å². The van der Waals surface area contributed by atoms with Crippen molar-refractivity contribution < 1.29 is 23.0 Å². The lowest BCUT2D eigenvalue weighted by atomic mass is 9.63. The van der Waals surface area contributed by atoms with Gasteiger partial charge in [0.2, 0.25) is 0 Å². The summed E-state index contributed by atoms with van der Waals surface area (Å²) < 4.78 is 41.8. The van der Waals surface area contributed by atoms with Gasteiger partial charge in [0.25, 0.3) is 0 Å². The van der Waals surface area contributed by atoms with Crippen LogP contribution >= 0.6 is 0 Å². The van der Waals surface area contributed by atoms with Crippen LogP contribution in [0.4, 0.5) is 13.2 Å². The zero-order valence-electron chi connectivity index (χ0n) is 18.8. The highest BCUT2D eigenvalue weighted by Crippen LogP contribution is 2.58. The Labute approximate surface area is 184 Å². The standard InChI is InChI=1S/C25H38F3NO2/c1-24-12-3-5-19(8-7-18-4-2-6-21(30)14-18)23(24)10-9-20(24)11-13-29-15-22(16-29)31-17-25(26,27)28/h7-8,20-23,30H,2-6,9-17H2,1H3/b18-7-,19-8+/t20-,21+,23?,24?/m1/s1. The van der Waals surface area contributed by atoms with E-state index in [0.29, 0.717) is 30.3 Å². The molecule has 1 saturated heterocycles. The summed E-state index contributed by atoms with van der Waals surface area (Å²) in [6.45, 7) is 3.59. The van der Waals surface area contributed by atoms with Gasteiger partial charge in [-0.3, -0.25) is 4.90 Å². The van der Waals surface area contributed by atoms with E-state index in [0.717, 1.165) is 38.6 Å². The third kappa shape index (κ3) is 5.75. The molecule has 3 nitrogen and oxygen atoms in total. The fourth-order valence-electron chi connectivity index (χ4n) is 6.63. The summed E-state index contributed by atoms with van der Waals surface area (Å²) >= 11 is 0. The highest BCUT2D eigenvalue weighted by Gasteiger charge is 2.49. The van der Waals surface area contributed by atoms with Crippen LogP contribution in [0.1, 0.15) is 71.1 Å². The molecule has 4 rings (SSSR count). The number of aliphatic hydroxyl groups excluding tert-OH is 1. The van der Waals surface area contributed by atoms with Gasteiger partial charge in [0.05, 0.1) is 12.2 Å². The lowest BCUT2D eigenvalue weighted by Crippen LogP contribution is -2.53. The largest absolute Gasteiger partial charge is 0.411 e. The molecule has 176 valence electrons. The Morgan fingerprint density at radius 1 is 1.13 bits per heavy atom. The minimum absolute atomic E-state index is 0.161. The fourth-order valence-corrected chi connectivity index (χ4v) is 6.63. The highest BCUT2D eigenvalue weighted by molar-refractivity contribution is 5.25. The molecule has 0 amide bonds. The van der Waals surface area contributed by atoms with E-state index < -0.39 is 12.8 Å². The second-order valence-electron chi connectivity index (χ2n) is 10.6. The van der Waals surface area contributed by atoms with Gasteiger partial charge in [-0.05, 0) is 88.0 Å². The monoisotopic (exact) mass is 441 g/mol. The van der Waals surface area contributed by atoms with E-state index in [-0.39, 0.29) is 12.2 Å². The van der Waals surface area contributed by atoms with Crippen molar-refractivity contribution in [3.63, 3.8) is 0 Å². The second-order valence-corrected chi connectivity index (χ2v) is 10.6. The number of nitrogens with zero attached hydrogens (tertiary/aromatic N) is 1. The first-order valence-corrected chi connectivity index (χ1v) is 12.2. The highest BCUT2D eigenvalue weighted by atomic mass is 19.4. The average Bonchev–Trinajstić information content (AvgIpc) is 3.01. The molecule has 31 heavy (non-hydrogen) atoms. The number of hydrogen-bond acceptors (Lipinski definition) is 3. The Hall–Kier alpha value is -0.850. The molecular weight excluding hydrogens is 403 g/mol. The first kappa shape index (κ1) is 23.3. The SMILES string of the molecule is CC12CCC/C(=C\C=C3\CCC[C@H](O)C3)C1CC[C@@H]2CCN1CC(OCC(F)(F)F)C1. The summed E-state index contributed by atoms with van der Waals surface area (Å²) in [6.07, 6.45) is 11.4. The molecule has 4 fully saturated rings. The number of fused-ring (bicyclic) bond motifs is 1. The predicted molar refractivity (Wildman–Crippen MR) is 116 cm³/mol. The zero-order chi connectivity index (χ0) is 22.1. The van der Waals surface area contributed by atoms with Crippen LogP contribution in [0, 0.1) is 17.3 Å². The maximum atomic E-state index is 12.3. The summed E-state index contributed by atoms with van der Waals surface area (Å²) in [4.78, 5) is 2.25. The minimum atomic E-state index is -4.23. The summed E-state index contributed by atoms with van der Waals surface area (Å²) in [5.41, 5.74) is 3.35.